The van der Waals surface area contributed by atoms with E-state index in [1.165, 1.54) is 0 Å². The van der Waals surface area contributed by atoms with Crippen LogP contribution in [0.15, 0.2) is 30.3 Å². The maximum absolute atomic E-state index is 12.3. The van der Waals surface area contributed by atoms with Crippen molar-refractivity contribution < 1.29 is 14.3 Å². The average molecular weight is 316 g/mol. The van der Waals surface area contributed by atoms with Gasteiger partial charge in [0.2, 0.25) is 0 Å². The van der Waals surface area contributed by atoms with Crippen molar-refractivity contribution in [2.75, 3.05) is 13.7 Å². The number of ether oxygens (including phenoxy) is 2. The molecule has 0 radical (unpaired) electrons. The van der Waals surface area contributed by atoms with Crippen molar-refractivity contribution in [2.45, 2.75) is 20.8 Å². The predicted molar refractivity (Wildman–Crippen MR) is 91.3 cm³/mol. The fraction of sp³-hybridized carbons (Fsp3) is 0.278. The minimum atomic E-state index is 0.00529. The molecule has 0 spiro atoms. The van der Waals surface area contributed by atoms with Crippen molar-refractivity contribution in [3.63, 3.8) is 0 Å². The van der Waals surface area contributed by atoms with Gasteiger partial charge in [0.05, 0.1) is 13.7 Å². The summed E-state index contributed by atoms with van der Waals surface area (Å²) in [4.78, 5) is 14.5. The number of thiophene rings is 1. The Hall–Kier alpha value is -2.07. The van der Waals surface area contributed by atoms with Crippen LogP contribution < -0.4 is 9.47 Å². The summed E-state index contributed by atoms with van der Waals surface area (Å²) in [7, 11) is 1.60. The van der Waals surface area contributed by atoms with Crippen LogP contribution in [0.5, 0.6) is 11.5 Å². The molecule has 3 nitrogen and oxygen atoms in total. The van der Waals surface area contributed by atoms with E-state index in [0.29, 0.717) is 18.1 Å². The summed E-state index contributed by atoms with van der Waals surface area (Å²) >= 11 is 1.64. The Morgan fingerprint density at radius 1 is 1.32 bits per heavy atom. The predicted octanol–water partition coefficient (Wildman–Crippen LogP) is 4.67. The zero-order valence-corrected chi connectivity index (χ0v) is 14.1. The standard InChI is InChI=1S/C18H20O3S/c1-5-21-17-8-6-7-14(18(17)20-4)9-10-16(19)15-11-12(2)22-13(15)3/h6-11H,5H2,1-4H3/b10-9+. The molecule has 1 aromatic heterocycles. The van der Waals surface area contributed by atoms with E-state index in [0.717, 1.165) is 20.9 Å². The lowest BCUT2D eigenvalue weighted by molar-refractivity contribution is 0.104. The molecule has 116 valence electrons. The van der Waals surface area contributed by atoms with E-state index in [9.17, 15) is 4.79 Å². The average Bonchev–Trinajstić information content (AvgIpc) is 2.84. The molecular weight excluding hydrogens is 296 g/mol. The van der Waals surface area contributed by atoms with Crippen LogP contribution in [-0.4, -0.2) is 19.5 Å². The molecule has 0 bridgehead atoms. The molecule has 0 N–H and O–H groups in total. The highest BCUT2D eigenvalue weighted by atomic mass is 32.1. The maximum atomic E-state index is 12.3. The molecule has 2 rings (SSSR count). The number of carbonyl (C=O) groups is 1. The Morgan fingerprint density at radius 3 is 2.68 bits per heavy atom. The second-order valence-electron chi connectivity index (χ2n) is 4.84. The number of carbonyl (C=O) groups excluding carboxylic acids is 1. The van der Waals surface area contributed by atoms with Crippen molar-refractivity contribution in [1.82, 2.24) is 0 Å². The summed E-state index contributed by atoms with van der Waals surface area (Å²) in [5.41, 5.74) is 1.59. The van der Waals surface area contributed by atoms with Crippen molar-refractivity contribution in [3.8, 4) is 11.5 Å². The lowest BCUT2D eigenvalue weighted by atomic mass is 10.1. The number of methoxy groups -OCH3 is 1. The van der Waals surface area contributed by atoms with Crippen LogP contribution in [0.2, 0.25) is 0 Å². The van der Waals surface area contributed by atoms with Crippen LogP contribution in [-0.2, 0) is 0 Å². The Bertz CT molecular complexity index is 698. The Labute approximate surface area is 135 Å². The van der Waals surface area contributed by atoms with Crippen molar-refractivity contribution in [3.05, 3.63) is 51.2 Å². The zero-order chi connectivity index (χ0) is 16.1. The number of ketones is 1. The van der Waals surface area contributed by atoms with Crippen LogP contribution >= 0.6 is 11.3 Å². The SMILES string of the molecule is CCOc1cccc(/C=C/C(=O)c2cc(C)sc2C)c1OC. The molecule has 1 aromatic carbocycles. The van der Waals surface area contributed by atoms with E-state index < -0.39 is 0 Å². The van der Waals surface area contributed by atoms with Gasteiger partial charge in [-0.2, -0.15) is 0 Å². The molecule has 0 saturated heterocycles. The number of hydrogen-bond donors (Lipinski definition) is 0. The fourth-order valence-corrected chi connectivity index (χ4v) is 3.21. The summed E-state index contributed by atoms with van der Waals surface area (Å²) in [6.45, 7) is 6.46. The van der Waals surface area contributed by atoms with Crippen LogP contribution in [0.3, 0.4) is 0 Å². The molecule has 1 heterocycles. The van der Waals surface area contributed by atoms with Gasteiger partial charge in [0, 0.05) is 20.9 Å². The largest absolute Gasteiger partial charge is 0.492 e. The van der Waals surface area contributed by atoms with E-state index in [4.69, 9.17) is 9.47 Å². The highest BCUT2D eigenvalue weighted by Gasteiger charge is 2.11. The normalized spacial score (nSPS) is 10.9. The number of benzene rings is 1. The van der Waals surface area contributed by atoms with Gasteiger partial charge in [0.25, 0.3) is 0 Å². The fourth-order valence-electron chi connectivity index (χ4n) is 2.28. The molecule has 0 fully saturated rings. The molecule has 0 amide bonds. The molecule has 0 saturated carbocycles. The number of hydrogen-bond acceptors (Lipinski definition) is 4. The van der Waals surface area contributed by atoms with Gasteiger partial charge in [-0.25, -0.2) is 0 Å². The van der Waals surface area contributed by atoms with E-state index >= 15 is 0 Å². The highest BCUT2D eigenvalue weighted by molar-refractivity contribution is 7.12. The molecule has 0 atom stereocenters. The summed E-state index contributed by atoms with van der Waals surface area (Å²) in [5.74, 6) is 1.33. The summed E-state index contributed by atoms with van der Waals surface area (Å²) in [5, 5.41) is 0. The third kappa shape index (κ3) is 3.57. The first kappa shape index (κ1) is 16.3. The summed E-state index contributed by atoms with van der Waals surface area (Å²) < 4.78 is 10.9. The van der Waals surface area contributed by atoms with Gasteiger partial charge in [-0.05, 0) is 45.1 Å². The summed E-state index contributed by atoms with van der Waals surface area (Å²) in [6, 6.07) is 7.57. The van der Waals surface area contributed by atoms with Gasteiger partial charge in [0.1, 0.15) is 0 Å². The second-order valence-corrected chi connectivity index (χ2v) is 6.30. The van der Waals surface area contributed by atoms with E-state index in [1.807, 2.05) is 45.0 Å². The molecule has 2 aromatic rings. The minimum absolute atomic E-state index is 0.00529. The maximum Gasteiger partial charge on any atom is 0.186 e. The molecule has 0 aliphatic carbocycles. The summed E-state index contributed by atoms with van der Waals surface area (Å²) in [6.07, 6.45) is 3.36. The topological polar surface area (TPSA) is 35.5 Å². The molecule has 22 heavy (non-hydrogen) atoms. The molecule has 0 unspecified atom stereocenters. The molecule has 0 aliphatic rings. The van der Waals surface area contributed by atoms with Gasteiger partial charge < -0.3 is 9.47 Å². The Morgan fingerprint density at radius 2 is 2.09 bits per heavy atom. The van der Waals surface area contributed by atoms with E-state index in [2.05, 4.69) is 0 Å². The smallest absolute Gasteiger partial charge is 0.186 e. The number of rotatable bonds is 6. The van der Waals surface area contributed by atoms with Crippen LogP contribution in [0.25, 0.3) is 6.08 Å². The first-order chi connectivity index (χ1) is 10.6. The molecule has 4 heteroatoms. The van der Waals surface area contributed by atoms with Crippen molar-refractivity contribution >= 4 is 23.2 Å². The van der Waals surface area contributed by atoms with Gasteiger partial charge in [-0.1, -0.05) is 12.1 Å². The number of allylic oxidation sites excluding steroid dienone is 1. The first-order valence-corrected chi connectivity index (χ1v) is 7.97. The van der Waals surface area contributed by atoms with Gasteiger partial charge in [0.15, 0.2) is 17.3 Å². The van der Waals surface area contributed by atoms with Gasteiger partial charge in [-0.15, -0.1) is 11.3 Å². The third-order valence-corrected chi connectivity index (χ3v) is 4.20. The minimum Gasteiger partial charge on any atom is -0.492 e. The van der Waals surface area contributed by atoms with Crippen LogP contribution in [0.4, 0.5) is 0 Å². The lowest BCUT2D eigenvalue weighted by Crippen LogP contribution is -1.97. The van der Waals surface area contributed by atoms with Gasteiger partial charge >= 0.3 is 0 Å². The Balaban J connectivity index is 2.28. The Kier molecular flexibility index (Phi) is 5.39. The van der Waals surface area contributed by atoms with Crippen LogP contribution in [0.1, 0.15) is 32.6 Å². The lowest BCUT2D eigenvalue weighted by Gasteiger charge is -2.11. The monoisotopic (exact) mass is 316 g/mol. The van der Waals surface area contributed by atoms with Gasteiger partial charge in [-0.3, -0.25) is 4.79 Å². The number of para-hydroxylation sites is 1. The van der Waals surface area contributed by atoms with Crippen molar-refractivity contribution in [2.24, 2.45) is 0 Å². The van der Waals surface area contributed by atoms with Crippen LogP contribution in [0, 0.1) is 13.8 Å². The molecular formula is C18H20O3S. The first-order valence-electron chi connectivity index (χ1n) is 7.16. The molecule has 0 aliphatic heterocycles. The third-order valence-electron chi connectivity index (χ3n) is 3.23. The quantitative estimate of drug-likeness (QED) is 0.574. The number of aryl methyl sites for hydroxylation is 2. The van der Waals surface area contributed by atoms with E-state index in [1.54, 1.807) is 30.6 Å². The highest BCUT2D eigenvalue weighted by Crippen LogP contribution is 2.32. The second kappa shape index (κ2) is 7.27. The van der Waals surface area contributed by atoms with E-state index in [-0.39, 0.29) is 5.78 Å². The van der Waals surface area contributed by atoms with Crippen molar-refractivity contribution in [1.29, 1.82) is 0 Å². The zero-order valence-electron chi connectivity index (χ0n) is 13.3.